The third kappa shape index (κ3) is 5.14. The predicted octanol–water partition coefficient (Wildman–Crippen LogP) is 4.09. The number of piperidine rings is 1. The Balaban J connectivity index is 1.39. The van der Waals surface area contributed by atoms with Crippen LogP contribution in [0, 0.1) is 11.8 Å². The van der Waals surface area contributed by atoms with E-state index < -0.39 is 0 Å². The van der Waals surface area contributed by atoms with Crippen LogP contribution in [0.3, 0.4) is 0 Å². The highest BCUT2D eigenvalue weighted by atomic mass is 32.2. The van der Waals surface area contributed by atoms with Gasteiger partial charge in [-0.25, -0.2) is 4.68 Å². The second-order valence-electron chi connectivity index (χ2n) is 9.25. The van der Waals surface area contributed by atoms with Crippen LogP contribution in [-0.2, 0) is 11.3 Å². The maximum Gasteiger partial charge on any atom is 0.277 e. The number of benzene rings is 2. The van der Waals surface area contributed by atoms with E-state index in [4.69, 9.17) is 4.42 Å². The first kappa shape index (κ1) is 23.3. The van der Waals surface area contributed by atoms with Crippen molar-refractivity contribution in [1.29, 1.82) is 0 Å². The van der Waals surface area contributed by atoms with Crippen LogP contribution in [0.1, 0.15) is 25.8 Å². The maximum atomic E-state index is 13.1. The zero-order valence-corrected chi connectivity index (χ0v) is 20.6. The molecule has 2 atom stereocenters. The van der Waals surface area contributed by atoms with Crippen molar-refractivity contribution in [3.8, 4) is 11.6 Å². The number of carbonyl (C=O) groups is 1. The highest BCUT2D eigenvalue weighted by Crippen LogP contribution is 2.28. The zero-order chi connectivity index (χ0) is 24.4. The van der Waals surface area contributed by atoms with E-state index in [0.29, 0.717) is 40.1 Å². The number of aromatic nitrogens is 4. The molecule has 4 aromatic rings. The lowest BCUT2D eigenvalue weighted by molar-refractivity contribution is -0.130. The van der Waals surface area contributed by atoms with E-state index in [9.17, 15) is 9.59 Å². The van der Waals surface area contributed by atoms with Gasteiger partial charge in [0.15, 0.2) is 5.69 Å². The van der Waals surface area contributed by atoms with Crippen molar-refractivity contribution in [2.45, 2.75) is 32.0 Å². The highest BCUT2D eigenvalue weighted by molar-refractivity contribution is 7.99. The molecule has 2 aromatic carbocycles. The quantitative estimate of drug-likeness (QED) is 0.377. The summed E-state index contributed by atoms with van der Waals surface area (Å²) in [6, 6.07) is 17.0. The summed E-state index contributed by atoms with van der Waals surface area (Å²) in [7, 11) is 0. The number of amides is 1. The van der Waals surface area contributed by atoms with Crippen LogP contribution in [-0.4, -0.2) is 49.6 Å². The summed E-state index contributed by atoms with van der Waals surface area (Å²) in [5.74, 6) is 1.55. The van der Waals surface area contributed by atoms with Gasteiger partial charge in [0.25, 0.3) is 16.7 Å². The summed E-state index contributed by atoms with van der Waals surface area (Å²) >= 11 is 1.23. The minimum atomic E-state index is -0.182. The summed E-state index contributed by atoms with van der Waals surface area (Å²) in [5, 5.41) is 14.4. The molecule has 1 aliphatic heterocycles. The van der Waals surface area contributed by atoms with Gasteiger partial charge in [-0.1, -0.05) is 74.1 Å². The topological polar surface area (TPSA) is 94.1 Å². The molecule has 8 nitrogen and oxygen atoms in total. The molecular weight excluding hydrogens is 462 g/mol. The summed E-state index contributed by atoms with van der Waals surface area (Å²) in [6.07, 6.45) is 1.15. The number of hydrogen-bond acceptors (Lipinski definition) is 7. The van der Waals surface area contributed by atoms with Crippen molar-refractivity contribution in [1.82, 2.24) is 24.9 Å². The van der Waals surface area contributed by atoms with E-state index in [1.807, 2.05) is 53.4 Å². The predicted molar refractivity (Wildman–Crippen MR) is 135 cm³/mol. The third-order valence-electron chi connectivity index (χ3n) is 6.19. The van der Waals surface area contributed by atoms with Crippen LogP contribution >= 0.6 is 11.8 Å². The molecule has 35 heavy (non-hydrogen) atoms. The average Bonchev–Trinajstić information content (AvgIpc) is 3.33. The Morgan fingerprint density at radius 3 is 2.43 bits per heavy atom. The molecule has 2 aromatic heterocycles. The molecule has 0 saturated carbocycles. The molecule has 3 heterocycles. The average molecular weight is 490 g/mol. The number of hydrogen-bond donors (Lipinski definition) is 0. The van der Waals surface area contributed by atoms with Gasteiger partial charge in [-0.05, 0) is 29.9 Å². The fourth-order valence-corrected chi connectivity index (χ4v) is 5.37. The molecule has 0 bridgehead atoms. The largest absolute Gasteiger partial charge is 0.409 e. The fourth-order valence-electron chi connectivity index (χ4n) is 4.70. The van der Waals surface area contributed by atoms with Crippen LogP contribution in [0.25, 0.3) is 22.4 Å². The Morgan fingerprint density at radius 1 is 1.00 bits per heavy atom. The third-order valence-corrected chi connectivity index (χ3v) is 7.00. The fraction of sp³-hybridized carbons (Fsp3) is 0.346. The summed E-state index contributed by atoms with van der Waals surface area (Å²) in [5.41, 5.74) is 1.23. The number of thioether (sulfide) groups is 1. The molecule has 1 fully saturated rings. The van der Waals surface area contributed by atoms with E-state index in [1.165, 1.54) is 16.4 Å². The molecule has 0 radical (unpaired) electrons. The lowest BCUT2D eigenvalue weighted by atomic mass is 9.92. The SMILES string of the molecule is CC1CC(C)CN(C(=O)CSc2nnc(-c3nn(Cc4ccccc4)c(=O)c4ccccc34)o2)C1. The van der Waals surface area contributed by atoms with Gasteiger partial charge in [0.05, 0.1) is 17.7 Å². The van der Waals surface area contributed by atoms with Crippen LogP contribution < -0.4 is 5.56 Å². The minimum absolute atomic E-state index is 0.0770. The van der Waals surface area contributed by atoms with Crippen molar-refractivity contribution in [2.75, 3.05) is 18.8 Å². The first-order chi connectivity index (χ1) is 17.0. The molecule has 1 aliphatic rings. The van der Waals surface area contributed by atoms with Gasteiger partial charge in [0, 0.05) is 18.5 Å². The van der Waals surface area contributed by atoms with E-state index in [0.717, 1.165) is 25.1 Å². The van der Waals surface area contributed by atoms with Crippen LogP contribution in [0.4, 0.5) is 0 Å². The molecular formula is C26H27N5O3S. The lowest BCUT2D eigenvalue weighted by Gasteiger charge is -2.34. The molecule has 180 valence electrons. The van der Waals surface area contributed by atoms with Gasteiger partial charge >= 0.3 is 0 Å². The van der Waals surface area contributed by atoms with Gasteiger partial charge in [-0.3, -0.25) is 9.59 Å². The molecule has 0 N–H and O–H groups in total. The van der Waals surface area contributed by atoms with Crippen molar-refractivity contribution in [3.05, 3.63) is 70.5 Å². The molecule has 0 aliphatic carbocycles. The summed E-state index contributed by atoms with van der Waals surface area (Å²) in [6.45, 7) is 6.27. The van der Waals surface area contributed by atoms with Gasteiger partial charge in [-0.15, -0.1) is 10.2 Å². The first-order valence-electron chi connectivity index (χ1n) is 11.8. The molecule has 0 spiro atoms. The Kier molecular flexibility index (Phi) is 6.68. The van der Waals surface area contributed by atoms with Crippen LogP contribution in [0.15, 0.2) is 69.0 Å². The monoisotopic (exact) mass is 489 g/mol. The maximum absolute atomic E-state index is 13.1. The first-order valence-corrected chi connectivity index (χ1v) is 12.7. The molecule has 5 rings (SSSR count). The Morgan fingerprint density at radius 2 is 1.69 bits per heavy atom. The minimum Gasteiger partial charge on any atom is -0.409 e. The summed E-state index contributed by atoms with van der Waals surface area (Å²) in [4.78, 5) is 27.7. The van der Waals surface area contributed by atoms with E-state index in [-0.39, 0.29) is 23.1 Å². The Labute approximate surface area is 207 Å². The van der Waals surface area contributed by atoms with E-state index in [2.05, 4.69) is 29.1 Å². The Bertz CT molecular complexity index is 1390. The number of carbonyl (C=O) groups excluding carboxylic acids is 1. The smallest absolute Gasteiger partial charge is 0.277 e. The Hall–Kier alpha value is -3.46. The second-order valence-corrected chi connectivity index (χ2v) is 10.2. The molecule has 1 saturated heterocycles. The number of fused-ring (bicyclic) bond motifs is 1. The number of rotatable bonds is 6. The molecule has 2 unspecified atom stereocenters. The van der Waals surface area contributed by atoms with Crippen LogP contribution in [0.2, 0.25) is 0 Å². The standard InChI is InChI=1S/C26H27N5O3S/c1-17-12-18(2)14-30(13-17)22(32)16-35-26-28-27-24(34-26)23-20-10-6-7-11-21(20)25(33)31(29-23)15-19-8-4-3-5-9-19/h3-11,17-18H,12-16H2,1-2H3. The normalized spacial score (nSPS) is 18.2. The van der Waals surface area contributed by atoms with Crippen molar-refractivity contribution in [2.24, 2.45) is 11.8 Å². The van der Waals surface area contributed by atoms with Crippen molar-refractivity contribution < 1.29 is 9.21 Å². The lowest BCUT2D eigenvalue weighted by Crippen LogP contribution is -2.43. The van der Waals surface area contributed by atoms with Crippen molar-refractivity contribution >= 4 is 28.4 Å². The highest BCUT2D eigenvalue weighted by Gasteiger charge is 2.26. The van der Waals surface area contributed by atoms with E-state index >= 15 is 0 Å². The van der Waals surface area contributed by atoms with Crippen LogP contribution in [0.5, 0.6) is 0 Å². The van der Waals surface area contributed by atoms with Gasteiger partial charge in [-0.2, -0.15) is 5.10 Å². The molecule has 9 heteroatoms. The summed E-state index contributed by atoms with van der Waals surface area (Å²) < 4.78 is 7.32. The van der Waals surface area contributed by atoms with Gasteiger partial charge < -0.3 is 9.32 Å². The van der Waals surface area contributed by atoms with Gasteiger partial charge in [0.2, 0.25) is 5.91 Å². The molecule has 1 amide bonds. The number of likely N-dealkylation sites (tertiary alicyclic amines) is 1. The van der Waals surface area contributed by atoms with Crippen molar-refractivity contribution in [3.63, 3.8) is 0 Å². The van der Waals surface area contributed by atoms with E-state index in [1.54, 1.807) is 6.07 Å². The van der Waals surface area contributed by atoms with Gasteiger partial charge in [0.1, 0.15) is 0 Å². The number of nitrogens with zero attached hydrogens (tertiary/aromatic N) is 5. The second kappa shape index (κ2) is 10.0. The zero-order valence-electron chi connectivity index (χ0n) is 19.8.